The maximum atomic E-state index is 14.2. The van der Waals surface area contributed by atoms with Crippen LogP contribution in [0.5, 0.6) is 5.75 Å². The molecule has 2 aliphatic rings. The molecule has 210 valence electrons. The molecular weight excluding hydrogens is 561 g/mol. The Morgan fingerprint density at radius 2 is 1.95 bits per heavy atom. The highest BCUT2D eigenvalue weighted by Crippen LogP contribution is 2.48. The van der Waals surface area contributed by atoms with Crippen molar-refractivity contribution in [3.63, 3.8) is 0 Å². The van der Waals surface area contributed by atoms with E-state index in [1.165, 1.54) is 23.3 Å². The number of hydrogen-bond donors (Lipinski definition) is 1. The van der Waals surface area contributed by atoms with E-state index in [9.17, 15) is 40.6 Å². The van der Waals surface area contributed by atoms with Gasteiger partial charge in [0.2, 0.25) is 12.3 Å². The van der Waals surface area contributed by atoms with Crippen molar-refractivity contribution >= 4 is 34.8 Å². The van der Waals surface area contributed by atoms with Crippen LogP contribution in [0.15, 0.2) is 22.5 Å². The van der Waals surface area contributed by atoms with Gasteiger partial charge in [0.25, 0.3) is 0 Å². The Bertz CT molecular complexity index is 1130. The summed E-state index contributed by atoms with van der Waals surface area (Å²) < 4.78 is 101. The molecule has 0 bridgehead atoms. The molecule has 1 N–H and O–H groups in total. The molecule has 38 heavy (non-hydrogen) atoms. The van der Waals surface area contributed by atoms with Crippen molar-refractivity contribution in [2.75, 3.05) is 17.2 Å². The van der Waals surface area contributed by atoms with Crippen molar-refractivity contribution < 1.29 is 45.4 Å². The zero-order valence-corrected chi connectivity index (χ0v) is 21.6. The molecule has 1 aromatic heterocycles. The number of thioether (sulfide) groups is 1. The van der Waals surface area contributed by atoms with Crippen LogP contribution in [-0.2, 0) is 12.8 Å². The molecule has 2 heterocycles. The maximum absolute atomic E-state index is 14.2. The Morgan fingerprint density at radius 1 is 1.24 bits per heavy atom. The summed E-state index contributed by atoms with van der Waals surface area (Å²) in [6.07, 6.45) is -8.21. The fourth-order valence-electron chi connectivity index (χ4n) is 4.78. The predicted molar refractivity (Wildman–Crippen MR) is 129 cm³/mol. The molecular formula is C24H25F7N2O3S2. The zero-order chi connectivity index (χ0) is 27.7. The van der Waals surface area contributed by atoms with E-state index >= 15 is 0 Å². The molecule has 0 radical (unpaired) electrons. The number of ether oxygens (including phenoxy) is 1. The monoisotopic (exact) mass is 586 g/mol. The standard InChI is InChI=1S/C24H25F7N2O3S2/c25-20(26)2-1-13-9-33(14-3-5-23(27,28)6-4-14)16-7-15(24(29,30)31)17(8-18(16)37-11-13)36-10-19-21(22(34)35)32-12-38-19/h7-8,12-14,20H,1-6,9-11H2,(H,34,35). The number of aromatic nitrogens is 1. The number of fused-ring (bicyclic) bond motifs is 1. The molecule has 1 aliphatic carbocycles. The predicted octanol–water partition coefficient (Wildman–Crippen LogP) is 7.59. The largest absolute Gasteiger partial charge is 0.487 e. The lowest BCUT2D eigenvalue weighted by atomic mass is 9.89. The van der Waals surface area contributed by atoms with Crippen molar-refractivity contribution in [1.29, 1.82) is 0 Å². The van der Waals surface area contributed by atoms with Crippen LogP contribution in [0.4, 0.5) is 36.4 Å². The SMILES string of the molecule is O=C(O)c1ncsc1COc1cc2c(cc1C(F)(F)F)N(C1CCC(F)(F)CC1)CC(CCC(F)F)CS2. The number of alkyl halides is 7. The summed E-state index contributed by atoms with van der Waals surface area (Å²) >= 11 is 2.15. The Labute approximate surface area is 222 Å². The minimum absolute atomic E-state index is 0.0711. The quantitative estimate of drug-likeness (QED) is 0.322. The Balaban J connectivity index is 1.69. The average Bonchev–Trinajstić information content (AvgIpc) is 3.23. The van der Waals surface area contributed by atoms with Gasteiger partial charge in [0.1, 0.15) is 12.4 Å². The second-order valence-electron chi connectivity index (χ2n) is 9.42. The zero-order valence-electron chi connectivity index (χ0n) is 19.9. The Morgan fingerprint density at radius 3 is 2.58 bits per heavy atom. The van der Waals surface area contributed by atoms with E-state index in [0.29, 0.717) is 10.6 Å². The number of benzene rings is 1. The molecule has 1 saturated carbocycles. The normalized spacial score (nSPS) is 20.3. The first-order valence-corrected chi connectivity index (χ1v) is 13.8. The van der Waals surface area contributed by atoms with E-state index < -0.39 is 61.3 Å². The molecule has 0 saturated heterocycles. The number of nitrogens with zero attached hydrogens (tertiary/aromatic N) is 2. The molecule has 0 spiro atoms. The van der Waals surface area contributed by atoms with E-state index in [1.54, 1.807) is 4.90 Å². The number of anilines is 1. The van der Waals surface area contributed by atoms with Crippen LogP contribution in [0.2, 0.25) is 0 Å². The van der Waals surface area contributed by atoms with Gasteiger partial charge in [0.05, 0.1) is 21.6 Å². The highest BCUT2D eigenvalue weighted by molar-refractivity contribution is 7.99. The minimum atomic E-state index is -4.83. The van der Waals surface area contributed by atoms with Gasteiger partial charge >= 0.3 is 12.1 Å². The number of carboxylic acids is 1. The first-order chi connectivity index (χ1) is 17.8. The molecule has 1 atom stereocenters. The van der Waals surface area contributed by atoms with Gasteiger partial charge < -0.3 is 14.7 Å². The number of hydrogen-bond acceptors (Lipinski definition) is 6. The number of carboxylic acid groups (broad SMARTS) is 1. The summed E-state index contributed by atoms with van der Waals surface area (Å²) in [5.41, 5.74) is 0.0730. The third-order valence-corrected chi connectivity index (χ3v) is 8.81. The van der Waals surface area contributed by atoms with Crippen LogP contribution in [0.25, 0.3) is 0 Å². The molecule has 0 amide bonds. The number of aromatic carboxylic acids is 1. The number of rotatable bonds is 8. The van der Waals surface area contributed by atoms with Crippen LogP contribution in [0, 0.1) is 5.92 Å². The van der Waals surface area contributed by atoms with Gasteiger partial charge in [-0.2, -0.15) is 13.2 Å². The van der Waals surface area contributed by atoms with Crippen molar-refractivity contribution in [2.24, 2.45) is 5.92 Å². The van der Waals surface area contributed by atoms with Gasteiger partial charge in [-0.15, -0.1) is 23.1 Å². The molecule has 1 fully saturated rings. The summed E-state index contributed by atoms with van der Waals surface area (Å²) in [4.78, 5) is 17.3. The van der Waals surface area contributed by atoms with Crippen LogP contribution in [0.3, 0.4) is 0 Å². The van der Waals surface area contributed by atoms with Crippen LogP contribution >= 0.6 is 23.1 Å². The number of halogens is 7. The summed E-state index contributed by atoms with van der Waals surface area (Å²) in [6, 6.07) is 1.71. The summed E-state index contributed by atoms with van der Waals surface area (Å²) in [5, 5.41) is 9.22. The minimum Gasteiger partial charge on any atom is -0.487 e. The van der Waals surface area contributed by atoms with Gasteiger partial charge in [0.15, 0.2) is 5.69 Å². The lowest BCUT2D eigenvalue weighted by molar-refractivity contribution is -0.139. The first-order valence-electron chi connectivity index (χ1n) is 11.9. The van der Waals surface area contributed by atoms with Gasteiger partial charge in [-0.1, -0.05) is 0 Å². The topological polar surface area (TPSA) is 62.7 Å². The van der Waals surface area contributed by atoms with E-state index in [1.807, 2.05) is 0 Å². The van der Waals surface area contributed by atoms with E-state index in [-0.39, 0.29) is 54.4 Å². The molecule has 2 aromatic rings. The fraction of sp³-hybridized carbons (Fsp3) is 0.583. The Hall–Kier alpha value is -2.22. The Kier molecular flexibility index (Phi) is 8.70. The maximum Gasteiger partial charge on any atom is 0.420 e. The second kappa shape index (κ2) is 11.5. The lowest BCUT2D eigenvalue weighted by Crippen LogP contribution is -2.43. The highest BCUT2D eigenvalue weighted by Gasteiger charge is 2.41. The van der Waals surface area contributed by atoms with Crippen LogP contribution in [-0.4, -0.2) is 46.7 Å². The fourth-order valence-corrected chi connectivity index (χ4v) is 6.64. The van der Waals surface area contributed by atoms with E-state index in [2.05, 4.69) is 4.98 Å². The van der Waals surface area contributed by atoms with Gasteiger partial charge in [-0.3, -0.25) is 0 Å². The number of thiazole rings is 1. The summed E-state index contributed by atoms with van der Waals surface area (Å²) in [6.45, 7) is -0.263. The van der Waals surface area contributed by atoms with Crippen LogP contribution in [0.1, 0.15) is 59.5 Å². The average molecular weight is 587 g/mol. The molecule has 1 aliphatic heterocycles. The highest BCUT2D eigenvalue weighted by atomic mass is 32.2. The third kappa shape index (κ3) is 6.85. The van der Waals surface area contributed by atoms with Gasteiger partial charge in [0, 0.05) is 42.5 Å². The van der Waals surface area contributed by atoms with Crippen LogP contribution < -0.4 is 9.64 Å². The summed E-state index contributed by atoms with van der Waals surface area (Å²) in [5.74, 6) is -4.59. The van der Waals surface area contributed by atoms with E-state index in [4.69, 9.17) is 4.74 Å². The molecule has 14 heteroatoms. The summed E-state index contributed by atoms with van der Waals surface area (Å²) in [7, 11) is 0. The van der Waals surface area contributed by atoms with Crippen molar-refractivity contribution in [1.82, 2.24) is 4.98 Å². The lowest BCUT2D eigenvalue weighted by Gasteiger charge is -2.39. The van der Waals surface area contributed by atoms with Crippen molar-refractivity contribution in [3.8, 4) is 5.75 Å². The van der Waals surface area contributed by atoms with Gasteiger partial charge in [-0.25, -0.2) is 27.3 Å². The number of carbonyl (C=O) groups is 1. The van der Waals surface area contributed by atoms with Gasteiger partial charge in [-0.05, 0) is 37.3 Å². The van der Waals surface area contributed by atoms with Crippen molar-refractivity contribution in [2.45, 2.75) is 74.6 Å². The molecule has 5 nitrogen and oxygen atoms in total. The molecule has 1 unspecified atom stereocenters. The molecule has 1 aromatic carbocycles. The third-order valence-electron chi connectivity index (χ3n) is 6.73. The van der Waals surface area contributed by atoms with E-state index in [0.717, 1.165) is 17.4 Å². The second-order valence-corrected chi connectivity index (χ2v) is 11.4. The molecule has 4 rings (SSSR count). The smallest absolute Gasteiger partial charge is 0.420 e. The first kappa shape index (κ1) is 28.8. The van der Waals surface area contributed by atoms with Crippen molar-refractivity contribution in [3.05, 3.63) is 33.8 Å².